The van der Waals surface area contributed by atoms with Gasteiger partial charge in [0.25, 0.3) is 0 Å². The average Bonchev–Trinajstić information content (AvgIpc) is 2.39. The summed E-state index contributed by atoms with van der Waals surface area (Å²) < 4.78 is 0. The van der Waals surface area contributed by atoms with E-state index >= 15 is 0 Å². The average molecular weight is 275 g/mol. The molecule has 1 atom stereocenters. The molecule has 1 aliphatic carbocycles. The van der Waals surface area contributed by atoms with Crippen molar-refractivity contribution in [2.45, 2.75) is 63.8 Å². The van der Waals surface area contributed by atoms with Gasteiger partial charge in [-0.05, 0) is 31.7 Å². The van der Waals surface area contributed by atoms with Gasteiger partial charge < -0.3 is 10.6 Å². The van der Waals surface area contributed by atoms with E-state index in [9.17, 15) is 4.79 Å². The van der Waals surface area contributed by atoms with Crippen molar-refractivity contribution in [3.8, 4) is 0 Å². The molecule has 0 spiro atoms. The standard InChI is InChI=1S/C14H26N2O.ClH/c17-14(16-13-7-4-10-15-11-13)9-8-12-5-2-1-3-6-12;/h12-13,15H,1-11H2,(H,16,17);1H. The van der Waals surface area contributed by atoms with Crippen molar-refractivity contribution in [1.29, 1.82) is 0 Å². The summed E-state index contributed by atoms with van der Waals surface area (Å²) in [5.41, 5.74) is 0. The third-order valence-corrected chi connectivity index (χ3v) is 4.17. The Balaban J connectivity index is 0.00000162. The molecule has 2 rings (SSSR count). The third-order valence-electron chi connectivity index (χ3n) is 4.17. The normalized spacial score (nSPS) is 25.2. The lowest BCUT2D eigenvalue weighted by Crippen LogP contribution is -2.45. The van der Waals surface area contributed by atoms with Crippen molar-refractivity contribution >= 4 is 18.3 Å². The summed E-state index contributed by atoms with van der Waals surface area (Å²) >= 11 is 0. The smallest absolute Gasteiger partial charge is 0.220 e. The van der Waals surface area contributed by atoms with Crippen LogP contribution in [0.2, 0.25) is 0 Å². The van der Waals surface area contributed by atoms with Gasteiger partial charge in [-0.25, -0.2) is 0 Å². The number of nitrogens with one attached hydrogen (secondary N) is 2. The molecule has 0 bridgehead atoms. The Morgan fingerprint density at radius 1 is 1.11 bits per heavy atom. The van der Waals surface area contributed by atoms with Crippen LogP contribution in [0.25, 0.3) is 0 Å². The number of piperidine rings is 1. The van der Waals surface area contributed by atoms with Crippen molar-refractivity contribution < 1.29 is 4.79 Å². The number of amides is 1. The third kappa shape index (κ3) is 5.57. The first-order valence-corrected chi connectivity index (χ1v) is 7.34. The molecule has 18 heavy (non-hydrogen) atoms. The minimum atomic E-state index is 0. The van der Waals surface area contributed by atoms with Crippen LogP contribution in [-0.2, 0) is 4.79 Å². The maximum Gasteiger partial charge on any atom is 0.220 e. The molecule has 2 aliphatic rings. The van der Waals surface area contributed by atoms with Gasteiger partial charge in [0.15, 0.2) is 0 Å². The van der Waals surface area contributed by atoms with Crippen LogP contribution in [0.4, 0.5) is 0 Å². The lowest BCUT2D eigenvalue weighted by Gasteiger charge is -2.25. The van der Waals surface area contributed by atoms with E-state index in [0.29, 0.717) is 6.04 Å². The lowest BCUT2D eigenvalue weighted by atomic mass is 9.86. The predicted molar refractivity (Wildman–Crippen MR) is 77.1 cm³/mol. The Labute approximate surface area is 117 Å². The predicted octanol–water partition coefficient (Wildman–Crippen LogP) is 2.64. The van der Waals surface area contributed by atoms with Crippen molar-refractivity contribution in [2.24, 2.45) is 5.92 Å². The second kappa shape index (κ2) is 8.76. The molecule has 1 amide bonds. The molecule has 1 heterocycles. The van der Waals surface area contributed by atoms with Crippen LogP contribution in [-0.4, -0.2) is 25.0 Å². The van der Waals surface area contributed by atoms with E-state index in [1.807, 2.05) is 0 Å². The molecule has 106 valence electrons. The molecule has 0 aromatic rings. The number of rotatable bonds is 4. The van der Waals surface area contributed by atoms with E-state index in [1.165, 1.54) is 38.5 Å². The van der Waals surface area contributed by atoms with Crippen molar-refractivity contribution in [2.75, 3.05) is 13.1 Å². The fourth-order valence-corrected chi connectivity index (χ4v) is 3.09. The summed E-state index contributed by atoms with van der Waals surface area (Å²) in [6.07, 6.45) is 11.0. The number of halogens is 1. The zero-order valence-corrected chi connectivity index (χ0v) is 12.1. The van der Waals surface area contributed by atoms with Gasteiger partial charge in [0.05, 0.1) is 0 Å². The second-order valence-corrected chi connectivity index (χ2v) is 5.65. The molecule has 1 saturated carbocycles. The summed E-state index contributed by atoms with van der Waals surface area (Å²) in [7, 11) is 0. The van der Waals surface area contributed by atoms with Gasteiger partial charge in [-0.15, -0.1) is 12.4 Å². The Bertz CT molecular complexity index is 236. The summed E-state index contributed by atoms with van der Waals surface area (Å²) in [6.45, 7) is 2.06. The van der Waals surface area contributed by atoms with E-state index in [1.54, 1.807) is 0 Å². The summed E-state index contributed by atoms with van der Waals surface area (Å²) in [5, 5.41) is 6.49. The van der Waals surface area contributed by atoms with Gasteiger partial charge in [-0.1, -0.05) is 32.1 Å². The Hall–Kier alpha value is -0.280. The first kappa shape index (κ1) is 15.8. The van der Waals surface area contributed by atoms with E-state index in [-0.39, 0.29) is 18.3 Å². The molecule has 1 aliphatic heterocycles. The quantitative estimate of drug-likeness (QED) is 0.828. The molecule has 0 radical (unpaired) electrons. The molecule has 1 saturated heterocycles. The van der Waals surface area contributed by atoms with Crippen LogP contribution in [0.3, 0.4) is 0 Å². The highest BCUT2D eigenvalue weighted by Gasteiger charge is 2.17. The molecular weight excluding hydrogens is 248 g/mol. The number of hydrogen-bond donors (Lipinski definition) is 2. The van der Waals surface area contributed by atoms with Crippen LogP contribution < -0.4 is 10.6 Å². The van der Waals surface area contributed by atoms with Gasteiger partial charge in [-0.2, -0.15) is 0 Å². The minimum absolute atomic E-state index is 0. The first-order chi connectivity index (χ1) is 8.34. The maximum atomic E-state index is 11.8. The highest BCUT2D eigenvalue weighted by molar-refractivity contribution is 5.85. The van der Waals surface area contributed by atoms with E-state index in [0.717, 1.165) is 38.3 Å². The van der Waals surface area contributed by atoms with Crippen molar-refractivity contribution in [3.63, 3.8) is 0 Å². The van der Waals surface area contributed by atoms with Crippen molar-refractivity contribution in [3.05, 3.63) is 0 Å². The Morgan fingerprint density at radius 3 is 2.56 bits per heavy atom. The number of hydrogen-bond acceptors (Lipinski definition) is 2. The van der Waals surface area contributed by atoms with Crippen LogP contribution in [0.15, 0.2) is 0 Å². The highest BCUT2D eigenvalue weighted by Crippen LogP contribution is 2.27. The Morgan fingerprint density at radius 2 is 1.89 bits per heavy atom. The van der Waals surface area contributed by atoms with E-state index in [4.69, 9.17) is 0 Å². The monoisotopic (exact) mass is 274 g/mol. The lowest BCUT2D eigenvalue weighted by molar-refractivity contribution is -0.122. The SMILES string of the molecule is Cl.O=C(CCC1CCCCC1)NC1CCCNC1. The molecule has 3 nitrogen and oxygen atoms in total. The molecule has 0 aromatic carbocycles. The van der Waals surface area contributed by atoms with Crippen LogP contribution in [0.1, 0.15) is 57.8 Å². The maximum absolute atomic E-state index is 11.8. The molecular formula is C14H27ClN2O. The van der Waals surface area contributed by atoms with E-state index < -0.39 is 0 Å². The van der Waals surface area contributed by atoms with Crippen LogP contribution in [0.5, 0.6) is 0 Å². The zero-order valence-electron chi connectivity index (χ0n) is 11.2. The summed E-state index contributed by atoms with van der Waals surface area (Å²) in [4.78, 5) is 11.8. The highest BCUT2D eigenvalue weighted by atomic mass is 35.5. The molecule has 2 N–H and O–H groups in total. The van der Waals surface area contributed by atoms with Gasteiger partial charge in [0.2, 0.25) is 5.91 Å². The number of carbonyl (C=O) groups excluding carboxylic acids is 1. The molecule has 0 aromatic heterocycles. The minimum Gasteiger partial charge on any atom is -0.352 e. The first-order valence-electron chi connectivity index (χ1n) is 7.34. The van der Waals surface area contributed by atoms with Crippen LogP contribution in [0, 0.1) is 5.92 Å². The molecule has 2 fully saturated rings. The fraction of sp³-hybridized carbons (Fsp3) is 0.929. The Kier molecular flexibility index (Phi) is 7.68. The van der Waals surface area contributed by atoms with E-state index in [2.05, 4.69) is 10.6 Å². The summed E-state index contributed by atoms with van der Waals surface area (Å²) in [6, 6.07) is 0.377. The van der Waals surface area contributed by atoms with Crippen LogP contribution >= 0.6 is 12.4 Å². The second-order valence-electron chi connectivity index (χ2n) is 5.65. The largest absolute Gasteiger partial charge is 0.352 e. The number of carbonyl (C=O) groups is 1. The molecule has 1 unspecified atom stereocenters. The van der Waals surface area contributed by atoms with Gasteiger partial charge >= 0.3 is 0 Å². The fourth-order valence-electron chi connectivity index (χ4n) is 3.09. The van der Waals surface area contributed by atoms with Gasteiger partial charge in [-0.3, -0.25) is 4.79 Å². The van der Waals surface area contributed by atoms with Gasteiger partial charge in [0.1, 0.15) is 0 Å². The summed E-state index contributed by atoms with van der Waals surface area (Å²) in [5.74, 6) is 1.09. The van der Waals surface area contributed by atoms with Gasteiger partial charge in [0, 0.05) is 19.0 Å². The van der Waals surface area contributed by atoms with Crippen molar-refractivity contribution in [1.82, 2.24) is 10.6 Å². The molecule has 4 heteroatoms. The zero-order chi connectivity index (χ0) is 11.9. The topological polar surface area (TPSA) is 41.1 Å².